The third-order valence-corrected chi connectivity index (χ3v) is 9.85. The van der Waals surface area contributed by atoms with E-state index in [1.165, 1.54) is 23.1 Å². The Labute approximate surface area is 272 Å². The highest BCUT2D eigenvalue weighted by Gasteiger charge is 2.35. The van der Waals surface area contributed by atoms with Crippen molar-refractivity contribution >= 4 is 27.5 Å². The van der Waals surface area contributed by atoms with E-state index in [2.05, 4.69) is 5.32 Å². The Morgan fingerprint density at radius 3 is 2.11 bits per heavy atom. The number of halogens is 1. The predicted molar refractivity (Wildman–Crippen MR) is 180 cm³/mol. The summed E-state index contributed by atoms with van der Waals surface area (Å²) in [5, 5.41) is 2.99. The molecule has 4 rings (SSSR count). The van der Waals surface area contributed by atoms with Gasteiger partial charge in [-0.25, -0.2) is 12.8 Å². The first-order chi connectivity index (χ1) is 21.9. The number of aryl methyl sites for hydroxylation is 3. The second-order valence-electron chi connectivity index (χ2n) is 11.8. The third-order valence-electron chi connectivity index (χ3n) is 8.08. The zero-order valence-corrected chi connectivity index (χ0v) is 27.9. The van der Waals surface area contributed by atoms with Crippen LogP contribution in [0.4, 0.5) is 10.1 Å². The van der Waals surface area contributed by atoms with Gasteiger partial charge in [-0.05, 0) is 69.5 Å². The highest BCUT2D eigenvalue weighted by atomic mass is 32.2. The SMILES string of the molecule is CC[C@H](C)NC(=O)[C@@H](Cc1ccccc1)N(Cc1ccccc1F)C(=O)CN(c1ccc(C)cc1C)S(=O)(=O)c1ccc(C)cc1. The Balaban J connectivity index is 1.84. The largest absolute Gasteiger partial charge is 0.352 e. The fourth-order valence-corrected chi connectivity index (χ4v) is 6.72. The summed E-state index contributed by atoms with van der Waals surface area (Å²) in [6.45, 7) is 8.53. The van der Waals surface area contributed by atoms with Crippen LogP contribution in [-0.4, -0.2) is 43.8 Å². The van der Waals surface area contributed by atoms with E-state index in [1.54, 1.807) is 49.4 Å². The lowest BCUT2D eigenvalue weighted by molar-refractivity contribution is -0.140. The summed E-state index contributed by atoms with van der Waals surface area (Å²) < 4.78 is 44.7. The molecule has 0 unspecified atom stereocenters. The van der Waals surface area contributed by atoms with Gasteiger partial charge in [0.15, 0.2) is 0 Å². The molecule has 242 valence electrons. The van der Waals surface area contributed by atoms with Gasteiger partial charge in [-0.3, -0.25) is 13.9 Å². The number of nitrogens with zero attached hydrogens (tertiary/aromatic N) is 2. The topological polar surface area (TPSA) is 86.8 Å². The van der Waals surface area contributed by atoms with Gasteiger partial charge in [-0.15, -0.1) is 0 Å². The Hall–Kier alpha value is -4.50. The molecule has 0 aliphatic rings. The van der Waals surface area contributed by atoms with E-state index in [0.717, 1.165) is 21.0 Å². The molecular formula is C37H42FN3O4S. The lowest BCUT2D eigenvalue weighted by Gasteiger charge is -2.34. The molecule has 0 aliphatic heterocycles. The van der Waals surface area contributed by atoms with Gasteiger partial charge in [0.25, 0.3) is 10.0 Å². The number of carbonyl (C=O) groups is 2. The molecule has 0 saturated carbocycles. The van der Waals surface area contributed by atoms with Gasteiger partial charge in [0.2, 0.25) is 11.8 Å². The number of carbonyl (C=O) groups excluding carboxylic acids is 2. The van der Waals surface area contributed by atoms with Gasteiger partial charge in [0.05, 0.1) is 10.6 Å². The van der Waals surface area contributed by atoms with E-state index in [9.17, 15) is 18.0 Å². The van der Waals surface area contributed by atoms with Crippen LogP contribution in [-0.2, 0) is 32.6 Å². The van der Waals surface area contributed by atoms with Crippen molar-refractivity contribution in [2.75, 3.05) is 10.8 Å². The molecule has 1 N–H and O–H groups in total. The van der Waals surface area contributed by atoms with Gasteiger partial charge in [0.1, 0.15) is 18.4 Å². The highest BCUT2D eigenvalue weighted by Crippen LogP contribution is 2.29. The maximum absolute atomic E-state index is 15.1. The number of anilines is 1. The zero-order chi connectivity index (χ0) is 33.4. The van der Waals surface area contributed by atoms with Crippen molar-refractivity contribution in [3.63, 3.8) is 0 Å². The second kappa shape index (κ2) is 15.2. The predicted octanol–water partition coefficient (Wildman–Crippen LogP) is 6.50. The standard InChI is InChI=1S/C37H42FN3O4S/c1-6-29(5)39-37(43)35(23-30-12-8-7-9-13-30)40(24-31-14-10-11-15-33(31)38)36(42)25-41(34-21-18-27(3)22-28(34)4)46(44,45)32-19-16-26(2)17-20-32/h7-22,29,35H,6,23-25H2,1-5H3,(H,39,43)/t29-,35+/m0/s1. The molecule has 0 saturated heterocycles. The minimum Gasteiger partial charge on any atom is -0.352 e. The van der Waals surface area contributed by atoms with Crippen LogP contribution in [0.5, 0.6) is 0 Å². The first-order valence-electron chi connectivity index (χ1n) is 15.4. The fraction of sp³-hybridized carbons (Fsp3) is 0.297. The summed E-state index contributed by atoms with van der Waals surface area (Å²) in [4.78, 5) is 29.8. The van der Waals surface area contributed by atoms with Gasteiger partial charge in [0, 0.05) is 24.6 Å². The molecule has 9 heteroatoms. The minimum atomic E-state index is -4.23. The first-order valence-corrected chi connectivity index (χ1v) is 16.9. The summed E-state index contributed by atoms with van der Waals surface area (Å²) in [5.41, 5.74) is 3.85. The molecule has 2 amide bonds. The van der Waals surface area contributed by atoms with Crippen LogP contribution < -0.4 is 9.62 Å². The van der Waals surface area contributed by atoms with Crippen molar-refractivity contribution in [3.05, 3.63) is 131 Å². The fourth-order valence-electron chi connectivity index (χ4n) is 5.24. The summed E-state index contributed by atoms with van der Waals surface area (Å²) in [5.74, 6) is -1.57. The Morgan fingerprint density at radius 1 is 0.848 bits per heavy atom. The van der Waals surface area contributed by atoms with E-state index in [-0.39, 0.29) is 29.5 Å². The van der Waals surface area contributed by atoms with Crippen LogP contribution in [0.1, 0.15) is 48.1 Å². The molecule has 2 atom stereocenters. The van der Waals surface area contributed by atoms with Gasteiger partial charge in [-0.1, -0.05) is 90.8 Å². The number of sulfonamides is 1. The summed E-state index contributed by atoms with van der Waals surface area (Å²) >= 11 is 0. The van der Waals surface area contributed by atoms with Crippen LogP contribution in [0.3, 0.4) is 0 Å². The lowest BCUT2D eigenvalue weighted by Crippen LogP contribution is -2.54. The molecule has 0 aromatic heterocycles. The Bertz CT molecular complexity index is 1760. The molecule has 0 bridgehead atoms. The molecule has 0 fully saturated rings. The maximum atomic E-state index is 15.1. The molecule has 4 aromatic rings. The molecule has 7 nitrogen and oxygen atoms in total. The van der Waals surface area contributed by atoms with Gasteiger partial charge in [-0.2, -0.15) is 0 Å². The summed E-state index contributed by atoms with van der Waals surface area (Å²) in [7, 11) is -4.23. The smallest absolute Gasteiger partial charge is 0.264 e. The molecule has 0 aliphatic carbocycles. The summed E-state index contributed by atoms with van der Waals surface area (Å²) in [6.07, 6.45) is 0.817. The number of nitrogens with one attached hydrogen (secondary N) is 1. The van der Waals surface area contributed by atoms with Crippen LogP contribution in [0.2, 0.25) is 0 Å². The second-order valence-corrected chi connectivity index (χ2v) is 13.6. The zero-order valence-electron chi connectivity index (χ0n) is 27.0. The number of rotatable bonds is 13. The van der Waals surface area contributed by atoms with Crippen molar-refractivity contribution in [2.45, 2.75) is 71.0 Å². The van der Waals surface area contributed by atoms with Crippen molar-refractivity contribution in [3.8, 4) is 0 Å². The molecule has 0 spiro atoms. The average Bonchev–Trinajstić information content (AvgIpc) is 3.03. The number of hydrogen-bond donors (Lipinski definition) is 1. The van der Waals surface area contributed by atoms with Crippen LogP contribution >= 0.6 is 0 Å². The van der Waals surface area contributed by atoms with E-state index in [1.807, 2.05) is 64.1 Å². The number of hydrogen-bond acceptors (Lipinski definition) is 4. The van der Waals surface area contributed by atoms with Crippen molar-refractivity contribution in [1.29, 1.82) is 0 Å². The quantitative estimate of drug-likeness (QED) is 0.180. The molecule has 0 heterocycles. The van der Waals surface area contributed by atoms with Crippen molar-refractivity contribution in [2.24, 2.45) is 0 Å². The van der Waals surface area contributed by atoms with Crippen molar-refractivity contribution in [1.82, 2.24) is 10.2 Å². The molecular weight excluding hydrogens is 601 g/mol. The van der Waals surface area contributed by atoms with E-state index >= 15 is 4.39 Å². The van der Waals surface area contributed by atoms with Crippen LogP contribution in [0.15, 0.2) is 102 Å². The minimum absolute atomic E-state index is 0.0295. The normalized spacial score (nSPS) is 12.7. The van der Waals surface area contributed by atoms with E-state index < -0.39 is 40.2 Å². The third kappa shape index (κ3) is 8.40. The van der Waals surface area contributed by atoms with Crippen LogP contribution in [0.25, 0.3) is 0 Å². The van der Waals surface area contributed by atoms with Crippen molar-refractivity contribution < 1.29 is 22.4 Å². The highest BCUT2D eigenvalue weighted by molar-refractivity contribution is 7.92. The van der Waals surface area contributed by atoms with E-state index in [4.69, 9.17) is 0 Å². The van der Waals surface area contributed by atoms with Gasteiger partial charge >= 0.3 is 0 Å². The molecule has 0 radical (unpaired) electrons. The lowest BCUT2D eigenvalue weighted by atomic mass is 10.0. The number of benzene rings is 4. The monoisotopic (exact) mass is 643 g/mol. The molecule has 46 heavy (non-hydrogen) atoms. The first kappa shape index (κ1) is 34.4. The van der Waals surface area contributed by atoms with Crippen LogP contribution in [0, 0.1) is 26.6 Å². The Kier molecular flexibility index (Phi) is 11.4. The summed E-state index contributed by atoms with van der Waals surface area (Å²) in [6, 6.07) is 25.9. The Morgan fingerprint density at radius 2 is 1.48 bits per heavy atom. The van der Waals surface area contributed by atoms with E-state index in [0.29, 0.717) is 17.7 Å². The number of amides is 2. The van der Waals surface area contributed by atoms with Gasteiger partial charge < -0.3 is 10.2 Å². The molecule has 4 aromatic carbocycles. The average molecular weight is 644 g/mol. The maximum Gasteiger partial charge on any atom is 0.264 e.